The smallest absolute Gasteiger partial charge is 0.179 e. The number of nitrogens with zero attached hydrogens (tertiary/aromatic N) is 2. The van der Waals surface area contributed by atoms with Gasteiger partial charge in [0.2, 0.25) is 0 Å². The van der Waals surface area contributed by atoms with Gasteiger partial charge in [-0.1, -0.05) is 12.1 Å². The van der Waals surface area contributed by atoms with Crippen LogP contribution < -0.4 is 0 Å². The molecule has 0 spiro atoms. The van der Waals surface area contributed by atoms with E-state index in [0.717, 1.165) is 0 Å². The minimum atomic E-state index is -0.365. The van der Waals surface area contributed by atoms with Crippen LogP contribution in [0.3, 0.4) is 0 Å². The number of halogens is 1. The summed E-state index contributed by atoms with van der Waals surface area (Å²) in [5.41, 5.74) is 0.794. The number of aryl methyl sites for hydroxylation is 1. The van der Waals surface area contributed by atoms with Crippen LogP contribution in [0.25, 0.3) is 10.9 Å². The summed E-state index contributed by atoms with van der Waals surface area (Å²) in [5, 5.41) is 9.04. The highest BCUT2D eigenvalue weighted by Gasteiger charge is 2.15. The third-order valence-electron chi connectivity index (χ3n) is 2.49. The van der Waals surface area contributed by atoms with Crippen molar-refractivity contribution < 1.29 is 9.18 Å². The number of Topliss-reactive ketones (excluding diaryl/α,β-unsaturated/α-hetero) is 1. The number of nitriles is 1. The van der Waals surface area contributed by atoms with E-state index in [0.29, 0.717) is 16.5 Å². The Morgan fingerprint density at radius 2 is 2.31 bits per heavy atom. The molecule has 0 saturated carbocycles. The molecule has 0 unspecified atom stereocenters. The lowest BCUT2D eigenvalue weighted by Crippen LogP contribution is -1.95. The quantitative estimate of drug-likeness (QED) is 0.723. The number of para-hydroxylation sites is 1. The molecule has 1 aromatic heterocycles. The Labute approximate surface area is 91.7 Å². The maximum absolute atomic E-state index is 13.5. The Balaban J connectivity index is 2.70. The number of fused-ring (bicyclic) bond motifs is 1. The SMILES string of the molecule is Cn1cc(C(=O)CC#N)c2cccc(F)c21. The van der Waals surface area contributed by atoms with E-state index in [-0.39, 0.29) is 18.0 Å². The number of ketones is 1. The molecule has 0 atom stereocenters. The summed E-state index contributed by atoms with van der Waals surface area (Å²) in [6.45, 7) is 0. The van der Waals surface area contributed by atoms with Crippen LogP contribution in [0.15, 0.2) is 24.4 Å². The van der Waals surface area contributed by atoms with E-state index in [1.54, 1.807) is 36.0 Å². The van der Waals surface area contributed by atoms with E-state index < -0.39 is 0 Å². The average Bonchev–Trinajstić information content (AvgIpc) is 2.58. The number of hydrogen-bond acceptors (Lipinski definition) is 2. The Kier molecular flexibility index (Phi) is 2.45. The summed E-state index contributed by atoms with van der Waals surface area (Å²) < 4.78 is 15.1. The molecular weight excluding hydrogens is 207 g/mol. The van der Waals surface area contributed by atoms with Gasteiger partial charge in [0.05, 0.1) is 18.0 Å². The van der Waals surface area contributed by atoms with Crippen molar-refractivity contribution in [2.45, 2.75) is 6.42 Å². The summed E-state index contributed by atoms with van der Waals surface area (Å²) in [6.07, 6.45) is 1.38. The largest absolute Gasteiger partial charge is 0.347 e. The summed E-state index contributed by atoms with van der Waals surface area (Å²) in [6, 6.07) is 6.39. The van der Waals surface area contributed by atoms with Crippen LogP contribution >= 0.6 is 0 Å². The number of rotatable bonds is 2. The van der Waals surface area contributed by atoms with Gasteiger partial charge in [0.25, 0.3) is 0 Å². The van der Waals surface area contributed by atoms with E-state index >= 15 is 0 Å². The number of hydrogen-bond donors (Lipinski definition) is 0. The van der Waals surface area contributed by atoms with Crippen LogP contribution in [0.5, 0.6) is 0 Å². The van der Waals surface area contributed by atoms with Gasteiger partial charge in [0.1, 0.15) is 5.82 Å². The monoisotopic (exact) mass is 216 g/mol. The molecule has 0 saturated heterocycles. The second-order valence-electron chi connectivity index (χ2n) is 3.55. The normalized spacial score (nSPS) is 10.3. The zero-order valence-electron chi connectivity index (χ0n) is 8.70. The molecule has 3 nitrogen and oxygen atoms in total. The van der Waals surface area contributed by atoms with Gasteiger partial charge in [-0.25, -0.2) is 4.39 Å². The van der Waals surface area contributed by atoms with Crippen molar-refractivity contribution in [3.63, 3.8) is 0 Å². The predicted molar refractivity (Wildman–Crippen MR) is 57.4 cm³/mol. The van der Waals surface area contributed by atoms with Crippen molar-refractivity contribution >= 4 is 16.7 Å². The van der Waals surface area contributed by atoms with Gasteiger partial charge < -0.3 is 4.57 Å². The van der Waals surface area contributed by atoms with Gasteiger partial charge in [-0.15, -0.1) is 0 Å². The third-order valence-corrected chi connectivity index (χ3v) is 2.49. The van der Waals surface area contributed by atoms with Gasteiger partial charge in [-0.3, -0.25) is 4.79 Å². The Hall–Kier alpha value is -2.15. The second-order valence-corrected chi connectivity index (χ2v) is 3.55. The summed E-state index contributed by atoms with van der Waals surface area (Å²) >= 11 is 0. The lowest BCUT2D eigenvalue weighted by Gasteiger charge is -1.96. The summed E-state index contributed by atoms with van der Waals surface area (Å²) in [4.78, 5) is 11.6. The zero-order valence-corrected chi connectivity index (χ0v) is 8.70. The fraction of sp³-hybridized carbons (Fsp3) is 0.167. The maximum atomic E-state index is 13.5. The van der Waals surface area contributed by atoms with Gasteiger partial charge in [0, 0.05) is 24.2 Å². The average molecular weight is 216 g/mol. The lowest BCUT2D eigenvalue weighted by atomic mass is 10.1. The summed E-state index contributed by atoms with van der Waals surface area (Å²) in [7, 11) is 1.68. The first-order valence-corrected chi connectivity index (χ1v) is 4.79. The van der Waals surface area contributed by atoms with E-state index in [1.807, 2.05) is 0 Å². The third kappa shape index (κ3) is 1.47. The van der Waals surface area contributed by atoms with Crippen molar-refractivity contribution in [2.75, 3.05) is 0 Å². The molecule has 2 rings (SSSR count). The van der Waals surface area contributed by atoms with Gasteiger partial charge in [-0.05, 0) is 6.07 Å². The molecule has 0 amide bonds. The first-order chi connectivity index (χ1) is 7.65. The van der Waals surface area contributed by atoms with Crippen LogP contribution in [0.4, 0.5) is 4.39 Å². The van der Waals surface area contributed by atoms with Crippen LogP contribution in [-0.4, -0.2) is 10.4 Å². The van der Waals surface area contributed by atoms with Gasteiger partial charge >= 0.3 is 0 Å². The van der Waals surface area contributed by atoms with Crippen molar-refractivity contribution in [1.82, 2.24) is 4.57 Å². The number of carbonyl (C=O) groups excluding carboxylic acids is 1. The molecule has 0 aliphatic rings. The summed E-state index contributed by atoms with van der Waals surface area (Å²) in [5.74, 6) is -0.644. The Morgan fingerprint density at radius 1 is 1.56 bits per heavy atom. The topological polar surface area (TPSA) is 45.8 Å². The second kappa shape index (κ2) is 3.78. The highest BCUT2D eigenvalue weighted by atomic mass is 19.1. The van der Waals surface area contributed by atoms with E-state index in [9.17, 15) is 9.18 Å². The molecule has 0 fully saturated rings. The van der Waals surface area contributed by atoms with E-state index in [2.05, 4.69) is 0 Å². The van der Waals surface area contributed by atoms with E-state index in [4.69, 9.17) is 5.26 Å². The number of benzene rings is 1. The highest BCUT2D eigenvalue weighted by molar-refractivity contribution is 6.08. The highest BCUT2D eigenvalue weighted by Crippen LogP contribution is 2.23. The fourth-order valence-corrected chi connectivity index (χ4v) is 1.81. The molecule has 0 aliphatic carbocycles. The van der Waals surface area contributed by atoms with Crippen LogP contribution in [-0.2, 0) is 7.05 Å². The Bertz CT molecular complexity index is 607. The molecule has 1 aromatic carbocycles. The number of carbonyl (C=O) groups is 1. The predicted octanol–water partition coefficient (Wildman–Crippen LogP) is 2.41. The van der Waals surface area contributed by atoms with Crippen LogP contribution in [0.1, 0.15) is 16.8 Å². The van der Waals surface area contributed by atoms with Gasteiger partial charge in [0.15, 0.2) is 5.78 Å². The molecule has 0 radical (unpaired) electrons. The molecule has 16 heavy (non-hydrogen) atoms. The zero-order chi connectivity index (χ0) is 11.7. The minimum Gasteiger partial charge on any atom is -0.347 e. The van der Waals surface area contributed by atoms with Crippen molar-refractivity contribution in [1.29, 1.82) is 5.26 Å². The molecule has 0 aliphatic heterocycles. The molecular formula is C12H9FN2O. The van der Waals surface area contributed by atoms with Gasteiger partial charge in [-0.2, -0.15) is 5.26 Å². The molecule has 1 heterocycles. The first-order valence-electron chi connectivity index (χ1n) is 4.79. The molecule has 4 heteroatoms. The fourth-order valence-electron chi connectivity index (χ4n) is 1.81. The maximum Gasteiger partial charge on any atom is 0.179 e. The first kappa shape index (κ1) is 10.4. The molecule has 2 aromatic rings. The van der Waals surface area contributed by atoms with Crippen molar-refractivity contribution in [3.8, 4) is 6.07 Å². The lowest BCUT2D eigenvalue weighted by molar-refractivity contribution is 0.0999. The van der Waals surface area contributed by atoms with Crippen LogP contribution in [0.2, 0.25) is 0 Å². The molecule has 80 valence electrons. The van der Waals surface area contributed by atoms with Crippen molar-refractivity contribution in [3.05, 3.63) is 35.8 Å². The molecule has 0 N–H and O–H groups in total. The Morgan fingerprint density at radius 3 is 3.00 bits per heavy atom. The van der Waals surface area contributed by atoms with Crippen LogP contribution in [0, 0.1) is 17.1 Å². The number of aromatic nitrogens is 1. The van der Waals surface area contributed by atoms with E-state index in [1.165, 1.54) is 6.07 Å². The van der Waals surface area contributed by atoms with Crippen molar-refractivity contribution in [2.24, 2.45) is 7.05 Å². The minimum absolute atomic E-state index is 0.185. The molecule has 0 bridgehead atoms. The standard InChI is InChI=1S/C12H9FN2O/c1-15-7-9(11(16)5-6-14)8-3-2-4-10(13)12(8)15/h2-4,7H,5H2,1H3.